The predicted octanol–water partition coefficient (Wildman–Crippen LogP) is 3.41. The number of fused-ring (bicyclic) bond motifs is 1. The SMILES string of the molecule is CCC(=O)c1c[nH]c2cccc(Cl)c12. The van der Waals surface area contributed by atoms with Crippen LogP contribution in [-0.4, -0.2) is 10.8 Å². The van der Waals surface area contributed by atoms with E-state index in [-0.39, 0.29) is 5.78 Å². The molecule has 72 valence electrons. The van der Waals surface area contributed by atoms with Crippen molar-refractivity contribution in [3.05, 3.63) is 35.0 Å². The summed E-state index contributed by atoms with van der Waals surface area (Å²) in [6.07, 6.45) is 2.22. The Morgan fingerprint density at radius 3 is 3.00 bits per heavy atom. The van der Waals surface area contributed by atoms with E-state index in [1.807, 2.05) is 19.1 Å². The summed E-state index contributed by atoms with van der Waals surface area (Å²) in [7, 11) is 0. The summed E-state index contributed by atoms with van der Waals surface area (Å²) in [4.78, 5) is 14.6. The van der Waals surface area contributed by atoms with Crippen LogP contribution in [0.1, 0.15) is 23.7 Å². The Hall–Kier alpha value is -1.28. The second kappa shape index (κ2) is 3.46. The monoisotopic (exact) mass is 207 g/mol. The van der Waals surface area contributed by atoms with E-state index in [9.17, 15) is 4.79 Å². The average molecular weight is 208 g/mol. The first kappa shape index (κ1) is 9.28. The van der Waals surface area contributed by atoms with Crippen LogP contribution in [-0.2, 0) is 0 Å². The summed E-state index contributed by atoms with van der Waals surface area (Å²) in [5.41, 5.74) is 1.60. The Labute approximate surface area is 86.9 Å². The smallest absolute Gasteiger partial charge is 0.164 e. The molecule has 3 heteroatoms. The first-order chi connectivity index (χ1) is 6.74. The van der Waals surface area contributed by atoms with Gasteiger partial charge in [0.15, 0.2) is 5.78 Å². The van der Waals surface area contributed by atoms with Gasteiger partial charge in [-0.3, -0.25) is 4.79 Å². The van der Waals surface area contributed by atoms with Crippen LogP contribution in [0.4, 0.5) is 0 Å². The Balaban J connectivity index is 2.73. The number of hydrogen-bond donors (Lipinski definition) is 1. The number of carbonyl (C=O) groups excluding carboxylic acids is 1. The number of benzene rings is 1. The summed E-state index contributed by atoms with van der Waals surface area (Å²) in [5, 5.41) is 1.46. The zero-order valence-electron chi connectivity index (χ0n) is 7.80. The van der Waals surface area contributed by atoms with Crippen LogP contribution in [0.3, 0.4) is 0 Å². The number of rotatable bonds is 2. The number of aromatic amines is 1. The van der Waals surface area contributed by atoms with Gasteiger partial charge < -0.3 is 4.98 Å². The molecule has 0 spiro atoms. The molecule has 0 fully saturated rings. The van der Waals surface area contributed by atoms with Crippen molar-refractivity contribution < 1.29 is 4.79 Å². The topological polar surface area (TPSA) is 32.9 Å². The van der Waals surface area contributed by atoms with E-state index in [2.05, 4.69) is 4.98 Å². The van der Waals surface area contributed by atoms with Gasteiger partial charge in [0.05, 0.1) is 5.02 Å². The summed E-state index contributed by atoms with van der Waals surface area (Å²) in [6, 6.07) is 5.57. The lowest BCUT2D eigenvalue weighted by molar-refractivity contribution is 0.0990. The first-order valence-corrected chi connectivity index (χ1v) is 4.90. The van der Waals surface area contributed by atoms with Crippen molar-refractivity contribution in [3.8, 4) is 0 Å². The van der Waals surface area contributed by atoms with Gasteiger partial charge >= 0.3 is 0 Å². The molecule has 2 aromatic rings. The minimum Gasteiger partial charge on any atom is -0.360 e. The zero-order valence-corrected chi connectivity index (χ0v) is 8.56. The van der Waals surface area contributed by atoms with Gasteiger partial charge in [0.1, 0.15) is 0 Å². The summed E-state index contributed by atoms with van der Waals surface area (Å²) < 4.78 is 0. The molecule has 14 heavy (non-hydrogen) atoms. The van der Waals surface area contributed by atoms with Gasteiger partial charge in [0, 0.05) is 29.1 Å². The van der Waals surface area contributed by atoms with E-state index < -0.39 is 0 Å². The number of aromatic nitrogens is 1. The van der Waals surface area contributed by atoms with Crippen molar-refractivity contribution in [2.75, 3.05) is 0 Å². The molecule has 1 N–H and O–H groups in total. The Bertz CT molecular complexity index is 487. The van der Waals surface area contributed by atoms with Crippen LogP contribution in [0.2, 0.25) is 5.02 Å². The van der Waals surface area contributed by atoms with Crippen molar-refractivity contribution in [1.29, 1.82) is 0 Å². The summed E-state index contributed by atoms with van der Waals surface area (Å²) in [6.45, 7) is 1.85. The molecule has 0 saturated heterocycles. The van der Waals surface area contributed by atoms with Gasteiger partial charge in [-0.1, -0.05) is 24.6 Å². The summed E-state index contributed by atoms with van der Waals surface area (Å²) in [5.74, 6) is 0.115. The predicted molar refractivity (Wildman–Crippen MR) is 57.9 cm³/mol. The van der Waals surface area contributed by atoms with E-state index in [4.69, 9.17) is 11.6 Å². The lowest BCUT2D eigenvalue weighted by Crippen LogP contribution is -1.94. The molecule has 0 aliphatic carbocycles. The molecule has 1 heterocycles. The molecule has 1 aromatic carbocycles. The lowest BCUT2D eigenvalue weighted by Gasteiger charge is -1.97. The largest absolute Gasteiger partial charge is 0.360 e. The van der Waals surface area contributed by atoms with E-state index in [1.54, 1.807) is 12.3 Å². The number of hydrogen-bond acceptors (Lipinski definition) is 1. The molecule has 2 nitrogen and oxygen atoms in total. The van der Waals surface area contributed by atoms with Gasteiger partial charge in [-0.05, 0) is 12.1 Å². The van der Waals surface area contributed by atoms with Crippen LogP contribution < -0.4 is 0 Å². The molecule has 1 aromatic heterocycles. The first-order valence-electron chi connectivity index (χ1n) is 4.53. The third-order valence-corrected chi connectivity index (χ3v) is 2.59. The quantitative estimate of drug-likeness (QED) is 0.753. The van der Waals surface area contributed by atoms with Crippen LogP contribution in [0.5, 0.6) is 0 Å². The number of ketones is 1. The molecule has 0 radical (unpaired) electrons. The standard InChI is InChI=1S/C11H10ClNO/c1-2-10(14)7-6-13-9-5-3-4-8(12)11(7)9/h3-6,13H,2H2,1H3. The second-order valence-corrected chi connectivity index (χ2v) is 3.55. The molecular weight excluding hydrogens is 198 g/mol. The van der Waals surface area contributed by atoms with Crippen molar-refractivity contribution in [2.24, 2.45) is 0 Å². The molecule has 0 unspecified atom stereocenters. The number of halogens is 1. The Morgan fingerprint density at radius 1 is 1.50 bits per heavy atom. The van der Waals surface area contributed by atoms with E-state index in [1.165, 1.54) is 0 Å². The molecular formula is C11H10ClNO. The third kappa shape index (κ3) is 1.32. The Morgan fingerprint density at radius 2 is 2.29 bits per heavy atom. The molecule has 0 aliphatic rings. The van der Waals surface area contributed by atoms with E-state index in [0.29, 0.717) is 17.0 Å². The Kier molecular flexibility index (Phi) is 2.30. The average Bonchev–Trinajstić information content (AvgIpc) is 2.62. The molecule has 0 bridgehead atoms. The molecule has 2 rings (SSSR count). The maximum Gasteiger partial charge on any atom is 0.164 e. The zero-order chi connectivity index (χ0) is 10.1. The number of Topliss-reactive ketones (excluding diaryl/α,β-unsaturated/α-hetero) is 1. The highest BCUT2D eigenvalue weighted by Gasteiger charge is 2.12. The van der Waals surface area contributed by atoms with Crippen molar-refractivity contribution in [1.82, 2.24) is 4.98 Å². The molecule has 0 amide bonds. The minimum absolute atomic E-state index is 0.115. The van der Waals surface area contributed by atoms with Crippen molar-refractivity contribution in [3.63, 3.8) is 0 Å². The number of H-pyrrole nitrogens is 1. The molecule has 0 saturated carbocycles. The number of carbonyl (C=O) groups is 1. The van der Waals surface area contributed by atoms with Crippen LogP contribution in [0.15, 0.2) is 24.4 Å². The fourth-order valence-corrected chi connectivity index (χ4v) is 1.83. The fourth-order valence-electron chi connectivity index (χ4n) is 1.55. The molecule has 0 aliphatic heterocycles. The maximum absolute atomic E-state index is 11.6. The molecule has 0 atom stereocenters. The van der Waals surface area contributed by atoms with E-state index >= 15 is 0 Å². The van der Waals surface area contributed by atoms with Crippen LogP contribution >= 0.6 is 11.6 Å². The van der Waals surface area contributed by atoms with Crippen LogP contribution in [0, 0.1) is 0 Å². The van der Waals surface area contributed by atoms with Crippen LogP contribution in [0.25, 0.3) is 10.9 Å². The van der Waals surface area contributed by atoms with Gasteiger partial charge in [-0.15, -0.1) is 0 Å². The van der Waals surface area contributed by atoms with Crippen molar-refractivity contribution in [2.45, 2.75) is 13.3 Å². The van der Waals surface area contributed by atoms with Gasteiger partial charge in [-0.25, -0.2) is 0 Å². The maximum atomic E-state index is 11.6. The minimum atomic E-state index is 0.115. The lowest BCUT2D eigenvalue weighted by atomic mass is 10.1. The normalized spacial score (nSPS) is 10.7. The van der Waals surface area contributed by atoms with Gasteiger partial charge in [0.2, 0.25) is 0 Å². The highest BCUT2D eigenvalue weighted by atomic mass is 35.5. The third-order valence-electron chi connectivity index (χ3n) is 2.28. The number of nitrogens with one attached hydrogen (secondary N) is 1. The highest BCUT2D eigenvalue weighted by molar-refractivity contribution is 6.36. The van der Waals surface area contributed by atoms with Gasteiger partial charge in [0.25, 0.3) is 0 Å². The van der Waals surface area contributed by atoms with Crippen molar-refractivity contribution >= 4 is 28.3 Å². The second-order valence-electron chi connectivity index (χ2n) is 3.14. The summed E-state index contributed by atoms with van der Waals surface area (Å²) >= 11 is 6.03. The highest BCUT2D eigenvalue weighted by Crippen LogP contribution is 2.27. The van der Waals surface area contributed by atoms with Gasteiger partial charge in [-0.2, -0.15) is 0 Å². The van der Waals surface area contributed by atoms with E-state index in [0.717, 1.165) is 10.9 Å². The fraction of sp³-hybridized carbons (Fsp3) is 0.182.